The van der Waals surface area contributed by atoms with Crippen LogP contribution in [0.3, 0.4) is 0 Å². The summed E-state index contributed by atoms with van der Waals surface area (Å²) in [5.41, 5.74) is 1.53. The Morgan fingerprint density at radius 3 is 2.89 bits per heavy atom. The Hall–Kier alpha value is -0.870. The van der Waals surface area contributed by atoms with E-state index in [1.54, 1.807) is 25.1 Å². The van der Waals surface area contributed by atoms with Crippen LogP contribution in [0.2, 0.25) is 5.02 Å². The lowest BCUT2D eigenvalue weighted by Gasteiger charge is -2.24. The minimum Gasteiger partial charge on any atom is -0.381 e. The van der Waals surface area contributed by atoms with Gasteiger partial charge in [0.2, 0.25) is 0 Å². The SMILES string of the molecule is CN(C)C(=O)c1cc(NC2CCCSC2)ccc1Cl. The summed E-state index contributed by atoms with van der Waals surface area (Å²) in [5.74, 6) is 2.31. The first-order valence-corrected chi connectivity index (χ1v) is 7.96. The van der Waals surface area contributed by atoms with Crippen molar-refractivity contribution in [1.29, 1.82) is 0 Å². The number of thioether (sulfide) groups is 1. The molecule has 1 aromatic carbocycles. The number of halogens is 1. The maximum absolute atomic E-state index is 12.0. The number of carbonyl (C=O) groups excluding carboxylic acids is 1. The Labute approximate surface area is 123 Å². The van der Waals surface area contributed by atoms with Crippen LogP contribution < -0.4 is 5.32 Å². The number of amides is 1. The lowest BCUT2D eigenvalue weighted by molar-refractivity contribution is 0.0828. The fourth-order valence-electron chi connectivity index (χ4n) is 2.11. The minimum absolute atomic E-state index is 0.0633. The minimum atomic E-state index is -0.0633. The number of nitrogens with one attached hydrogen (secondary N) is 1. The van der Waals surface area contributed by atoms with Gasteiger partial charge < -0.3 is 10.2 Å². The van der Waals surface area contributed by atoms with Crippen molar-refractivity contribution < 1.29 is 4.79 Å². The fourth-order valence-corrected chi connectivity index (χ4v) is 3.38. The van der Waals surface area contributed by atoms with Gasteiger partial charge in [0.05, 0.1) is 10.6 Å². The van der Waals surface area contributed by atoms with Gasteiger partial charge in [0, 0.05) is 31.6 Å². The average molecular weight is 299 g/mol. The Morgan fingerprint density at radius 1 is 1.47 bits per heavy atom. The number of nitrogens with zero attached hydrogens (tertiary/aromatic N) is 1. The van der Waals surface area contributed by atoms with Crippen molar-refractivity contribution in [3.63, 3.8) is 0 Å². The van der Waals surface area contributed by atoms with Crippen LogP contribution in [-0.4, -0.2) is 42.4 Å². The van der Waals surface area contributed by atoms with Crippen LogP contribution in [-0.2, 0) is 0 Å². The molecule has 1 saturated heterocycles. The van der Waals surface area contributed by atoms with Gasteiger partial charge in [0.1, 0.15) is 0 Å². The van der Waals surface area contributed by atoms with Crippen molar-refractivity contribution in [2.75, 3.05) is 30.9 Å². The summed E-state index contributed by atoms with van der Waals surface area (Å²) in [6, 6.07) is 6.07. The maximum Gasteiger partial charge on any atom is 0.254 e. The van der Waals surface area contributed by atoms with E-state index in [9.17, 15) is 4.79 Å². The molecule has 0 bridgehead atoms. The summed E-state index contributed by atoms with van der Waals surface area (Å²) < 4.78 is 0. The summed E-state index contributed by atoms with van der Waals surface area (Å²) in [6.45, 7) is 0. The van der Waals surface area contributed by atoms with E-state index >= 15 is 0 Å². The molecule has 2 rings (SSSR count). The molecule has 104 valence electrons. The summed E-state index contributed by atoms with van der Waals surface area (Å²) >= 11 is 8.08. The molecule has 0 saturated carbocycles. The van der Waals surface area contributed by atoms with Crippen LogP contribution >= 0.6 is 23.4 Å². The zero-order chi connectivity index (χ0) is 13.8. The van der Waals surface area contributed by atoms with Crippen LogP contribution in [0.25, 0.3) is 0 Å². The van der Waals surface area contributed by atoms with Gasteiger partial charge in [-0.1, -0.05) is 11.6 Å². The van der Waals surface area contributed by atoms with Crippen molar-refractivity contribution in [3.05, 3.63) is 28.8 Å². The van der Waals surface area contributed by atoms with E-state index in [-0.39, 0.29) is 5.91 Å². The van der Waals surface area contributed by atoms with E-state index in [4.69, 9.17) is 11.6 Å². The molecule has 1 heterocycles. The highest BCUT2D eigenvalue weighted by molar-refractivity contribution is 7.99. The second-order valence-corrected chi connectivity index (χ2v) is 6.51. The Bertz CT molecular complexity index is 459. The van der Waals surface area contributed by atoms with Gasteiger partial charge in [-0.15, -0.1) is 0 Å². The van der Waals surface area contributed by atoms with Gasteiger partial charge >= 0.3 is 0 Å². The maximum atomic E-state index is 12.0. The van der Waals surface area contributed by atoms with Crippen LogP contribution in [0, 0.1) is 0 Å². The highest BCUT2D eigenvalue weighted by Gasteiger charge is 2.16. The average Bonchev–Trinajstić information content (AvgIpc) is 2.41. The van der Waals surface area contributed by atoms with E-state index in [1.165, 1.54) is 18.6 Å². The van der Waals surface area contributed by atoms with Gasteiger partial charge in [0.15, 0.2) is 0 Å². The molecule has 0 aliphatic carbocycles. The van der Waals surface area contributed by atoms with Gasteiger partial charge in [-0.25, -0.2) is 0 Å². The van der Waals surface area contributed by atoms with Crippen LogP contribution in [0.1, 0.15) is 23.2 Å². The first-order chi connectivity index (χ1) is 9.08. The van der Waals surface area contributed by atoms with E-state index in [0.29, 0.717) is 16.6 Å². The Morgan fingerprint density at radius 2 is 2.26 bits per heavy atom. The highest BCUT2D eigenvalue weighted by Crippen LogP contribution is 2.25. The summed E-state index contributed by atoms with van der Waals surface area (Å²) in [7, 11) is 3.47. The predicted octanol–water partition coefficient (Wildman–Crippen LogP) is 3.35. The third kappa shape index (κ3) is 3.80. The molecule has 0 spiro atoms. The number of carbonyl (C=O) groups is 1. The lowest BCUT2D eigenvalue weighted by Crippen LogP contribution is -2.26. The third-order valence-corrected chi connectivity index (χ3v) is 4.68. The van der Waals surface area contributed by atoms with Gasteiger partial charge in [-0.3, -0.25) is 4.79 Å². The quantitative estimate of drug-likeness (QED) is 0.929. The van der Waals surface area contributed by atoms with Gasteiger partial charge in [-0.2, -0.15) is 11.8 Å². The molecule has 1 N–H and O–H groups in total. The van der Waals surface area contributed by atoms with Gasteiger partial charge in [-0.05, 0) is 36.8 Å². The Kier molecular flexibility index (Phi) is 4.99. The normalized spacial score (nSPS) is 19.0. The summed E-state index contributed by atoms with van der Waals surface area (Å²) in [5, 5.41) is 3.99. The smallest absolute Gasteiger partial charge is 0.254 e. The zero-order valence-corrected chi connectivity index (χ0v) is 12.9. The molecule has 0 radical (unpaired) electrons. The highest BCUT2D eigenvalue weighted by atomic mass is 35.5. The number of hydrogen-bond donors (Lipinski definition) is 1. The van der Waals surface area contributed by atoms with E-state index in [1.807, 2.05) is 23.9 Å². The molecular formula is C14H19ClN2OS. The number of benzene rings is 1. The molecule has 1 unspecified atom stereocenters. The molecule has 1 fully saturated rings. The molecule has 1 aromatic rings. The summed E-state index contributed by atoms with van der Waals surface area (Å²) in [6.07, 6.45) is 2.44. The molecule has 5 heteroatoms. The van der Waals surface area contributed by atoms with Gasteiger partial charge in [0.25, 0.3) is 5.91 Å². The topological polar surface area (TPSA) is 32.3 Å². The predicted molar refractivity (Wildman–Crippen MR) is 83.4 cm³/mol. The Balaban J connectivity index is 2.13. The molecule has 1 atom stereocenters. The first kappa shape index (κ1) is 14.5. The van der Waals surface area contributed by atoms with Crippen molar-refractivity contribution in [2.45, 2.75) is 18.9 Å². The third-order valence-electron chi connectivity index (χ3n) is 3.13. The standard InChI is InChI=1S/C14H19ClN2OS/c1-17(2)14(18)12-8-10(5-6-13(12)15)16-11-4-3-7-19-9-11/h5-6,8,11,16H,3-4,7,9H2,1-2H3. The number of hydrogen-bond acceptors (Lipinski definition) is 3. The molecule has 19 heavy (non-hydrogen) atoms. The van der Waals surface area contributed by atoms with Crippen molar-refractivity contribution in [3.8, 4) is 0 Å². The van der Waals surface area contributed by atoms with Crippen LogP contribution in [0.15, 0.2) is 18.2 Å². The van der Waals surface area contributed by atoms with E-state index in [2.05, 4.69) is 5.32 Å². The lowest BCUT2D eigenvalue weighted by atomic mass is 10.1. The first-order valence-electron chi connectivity index (χ1n) is 6.43. The van der Waals surface area contributed by atoms with E-state index < -0.39 is 0 Å². The second kappa shape index (κ2) is 6.53. The van der Waals surface area contributed by atoms with E-state index in [0.717, 1.165) is 11.4 Å². The van der Waals surface area contributed by atoms with Crippen molar-refractivity contribution in [2.24, 2.45) is 0 Å². The number of rotatable bonds is 3. The van der Waals surface area contributed by atoms with Crippen LogP contribution in [0.5, 0.6) is 0 Å². The largest absolute Gasteiger partial charge is 0.381 e. The molecule has 0 aromatic heterocycles. The van der Waals surface area contributed by atoms with Crippen LogP contribution in [0.4, 0.5) is 5.69 Å². The second-order valence-electron chi connectivity index (χ2n) is 4.95. The fraction of sp³-hybridized carbons (Fsp3) is 0.500. The molecule has 1 aliphatic heterocycles. The molecule has 1 amide bonds. The van der Waals surface area contributed by atoms with Crippen molar-refractivity contribution in [1.82, 2.24) is 4.90 Å². The molecular weight excluding hydrogens is 280 g/mol. The zero-order valence-electron chi connectivity index (χ0n) is 11.3. The molecule has 1 aliphatic rings. The monoisotopic (exact) mass is 298 g/mol. The number of anilines is 1. The van der Waals surface area contributed by atoms with Crippen molar-refractivity contribution >= 4 is 35.0 Å². The summed E-state index contributed by atoms with van der Waals surface area (Å²) in [4.78, 5) is 13.6. The molecule has 3 nitrogen and oxygen atoms in total.